The zero-order chi connectivity index (χ0) is 39.9. The van der Waals surface area contributed by atoms with E-state index in [2.05, 4.69) is 25.9 Å². The van der Waals surface area contributed by atoms with Crippen LogP contribution in [0.3, 0.4) is 0 Å². The maximum absolute atomic E-state index is 14.7. The Morgan fingerprint density at radius 3 is 2.54 bits per heavy atom. The van der Waals surface area contributed by atoms with E-state index in [-0.39, 0.29) is 35.7 Å². The number of alkyl halides is 3. The van der Waals surface area contributed by atoms with E-state index in [0.29, 0.717) is 86.9 Å². The largest absolute Gasteiger partial charge is 0.496 e. The molecule has 15 heteroatoms. The maximum atomic E-state index is 14.7. The smallest absolute Gasteiger partial charge is 0.421 e. The van der Waals surface area contributed by atoms with Crippen LogP contribution in [0.5, 0.6) is 17.5 Å². The van der Waals surface area contributed by atoms with E-state index in [1.165, 1.54) is 7.11 Å². The lowest BCUT2D eigenvalue weighted by Gasteiger charge is -2.47. The number of halogens is 4. The molecule has 2 aromatic heterocycles. The molecule has 2 amide bonds. The van der Waals surface area contributed by atoms with Crippen LogP contribution in [-0.4, -0.2) is 73.1 Å². The summed E-state index contributed by atoms with van der Waals surface area (Å²) in [6, 6.07) is 14.6. The maximum Gasteiger partial charge on any atom is 0.421 e. The van der Waals surface area contributed by atoms with Crippen molar-refractivity contribution in [3.63, 3.8) is 0 Å². The predicted octanol–water partition coefficient (Wildman–Crippen LogP) is 6.65. The molecule has 300 valence electrons. The van der Waals surface area contributed by atoms with Gasteiger partial charge in [0.25, 0.3) is 0 Å². The van der Waals surface area contributed by atoms with Crippen molar-refractivity contribution >= 4 is 23.4 Å². The van der Waals surface area contributed by atoms with E-state index in [0.717, 1.165) is 45.9 Å². The third-order valence-electron chi connectivity index (χ3n) is 11.5. The highest BCUT2D eigenvalue weighted by atomic mass is 35.5. The first-order chi connectivity index (χ1) is 27.4. The number of nitrogens with one attached hydrogen (secondary N) is 3. The van der Waals surface area contributed by atoms with Crippen LogP contribution in [0.15, 0.2) is 54.7 Å². The average Bonchev–Trinajstić information content (AvgIpc) is 3.79. The lowest BCUT2D eigenvalue weighted by Crippen LogP contribution is -2.56. The summed E-state index contributed by atoms with van der Waals surface area (Å²) >= 11 is 7.15. The van der Waals surface area contributed by atoms with Gasteiger partial charge in [-0.3, -0.25) is 19.5 Å². The Balaban J connectivity index is 1.03. The van der Waals surface area contributed by atoms with Crippen molar-refractivity contribution in [2.24, 2.45) is 5.41 Å². The van der Waals surface area contributed by atoms with Crippen LogP contribution < -0.4 is 30.2 Å². The number of amides is 2. The van der Waals surface area contributed by atoms with Gasteiger partial charge < -0.3 is 30.2 Å². The van der Waals surface area contributed by atoms with Crippen LogP contribution in [0.4, 0.5) is 13.2 Å². The first-order valence-corrected chi connectivity index (χ1v) is 19.6. The quantitative estimate of drug-likeness (QED) is 0.144. The van der Waals surface area contributed by atoms with E-state index in [1.54, 1.807) is 13.3 Å². The van der Waals surface area contributed by atoms with Crippen molar-refractivity contribution in [2.45, 2.75) is 69.9 Å². The molecule has 2 atom stereocenters. The highest BCUT2D eigenvalue weighted by Crippen LogP contribution is 2.46. The molecule has 1 spiro atoms. The van der Waals surface area contributed by atoms with Crippen molar-refractivity contribution < 1.29 is 37.0 Å². The minimum Gasteiger partial charge on any atom is -0.496 e. The molecule has 1 aliphatic carbocycles. The minimum absolute atomic E-state index is 0.000697. The zero-order valence-corrected chi connectivity index (χ0v) is 32.5. The first kappa shape index (κ1) is 38.9. The van der Waals surface area contributed by atoms with Crippen molar-refractivity contribution in [1.82, 2.24) is 30.8 Å². The van der Waals surface area contributed by atoms with Crippen LogP contribution in [0.1, 0.15) is 66.0 Å². The molecule has 57 heavy (non-hydrogen) atoms. The van der Waals surface area contributed by atoms with E-state index in [1.807, 2.05) is 47.4 Å². The van der Waals surface area contributed by atoms with Crippen molar-refractivity contribution in [2.75, 3.05) is 40.4 Å². The Hall–Kier alpha value is -4.92. The number of aromatic nitrogens is 2. The number of carbonyl (C=O) groups excluding carboxylic acids is 2. The van der Waals surface area contributed by atoms with Crippen LogP contribution in [0.2, 0.25) is 5.02 Å². The second-order valence-electron chi connectivity index (χ2n) is 15.5. The van der Waals surface area contributed by atoms with Crippen LogP contribution in [0.25, 0.3) is 22.4 Å². The molecule has 3 aliphatic heterocycles. The third-order valence-corrected chi connectivity index (χ3v) is 11.9. The van der Waals surface area contributed by atoms with Gasteiger partial charge in [-0.1, -0.05) is 41.9 Å². The summed E-state index contributed by atoms with van der Waals surface area (Å²) in [5.74, 6) is 0.287. The van der Waals surface area contributed by atoms with Gasteiger partial charge in [0.15, 0.2) is 0 Å². The molecule has 0 saturated carbocycles. The van der Waals surface area contributed by atoms with Gasteiger partial charge in [-0.2, -0.15) is 18.2 Å². The van der Waals surface area contributed by atoms with Crippen LogP contribution in [-0.2, 0) is 35.3 Å². The highest BCUT2D eigenvalue weighted by molar-refractivity contribution is 6.35. The Morgan fingerprint density at radius 1 is 0.982 bits per heavy atom. The fraction of sp³-hybridized carbons (Fsp3) is 0.429. The molecule has 3 N–H and O–H groups in total. The molecule has 3 saturated heterocycles. The number of hydrogen-bond acceptors (Lipinski definition) is 9. The number of fused-ring (bicyclic) bond motifs is 1. The summed E-state index contributed by atoms with van der Waals surface area (Å²) in [4.78, 5) is 34.3. The van der Waals surface area contributed by atoms with Crippen molar-refractivity contribution in [1.29, 1.82) is 0 Å². The Morgan fingerprint density at radius 2 is 1.82 bits per heavy atom. The predicted molar refractivity (Wildman–Crippen MR) is 207 cm³/mol. The molecule has 3 fully saturated rings. The molecule has 0 radical (unpaired) electrons. The lowest BCUT2D eigenvalue weighted by molar-refractivity contribution is -0.140. The number of rotatable bonds is 12. The summed E-state index contributed by atoms with van der Waals surface area (Å²) < 4.78 is 61.5. The normalized spacial score (nSPS) is 20.2. The number of ether oxygens (including phenoxy) is 3. The number of pyridine rings is 2. The topological polar surface area (TPSA) is 127 Å². The second-order valence-corrected chi connectivity index (χ2v) is 15.8. The first-order valence-electron chi connectivity index (χ1n) is 19.2. The Kier molecular flexibility index (Phi) is 10.8. The number of likely N-dealkylation sites (tertiary alicyclic amines) is 1. The molecular formula is C42H44ClF3N6O5. The van der Waals surface area contributed by atoms with Gasteiger partial charge in [0, 0.05) is 92.0 Å². The standard InChI is InChI=1S/C42H44ClF3N6O5/c1-55-34-16-24(9-10-25(34)18-47-19-27-11-12-35(53)50-27)38-37(43)31(13-14-48-38)29-5-3-7-30-28(29)6-4-8-33(30)57-40-32(42(44,45)46)15-26(39(51-40)56-2)20-52-22-41(23-52)17-36(54)49-21-41/h3,5,7,9-10,13-16,27,33,47H,4,6,8,11-12,17-23H2,1-2H3,(H,49,54)(H,50,53)/t27-,33-/m0/s1. The van der Waals surface area contributed by atoms with E-state index in [4.69, 9.17) is 25.8 Å². The van der Waals surface area contributed by atoms with Gasteiger partial charge in [0.05, 0.1) is 24.9 Å². The number of benzene rings is 2. The monoisotopic (exact) mass is 804 g/mol. The minimum atomic E-state index is -4.73. The summed E-state index contributed by atoms with van der Waals surface area (Å²) in [5, 5.41) is 9.65. The molecule has 11 nitrogen and oxygen atoms in total. The van der Waals surface area contributed by atoms with E-state index in [9.17, 15) is 22.8 Å². The van der Waals surface area contributed by atoms with E-state index >= 15 is 0 Å². The summed E-state index contributed by atoms with van der Waals surface area (Å²) in [6.45, 7) is 3.18. The fourth-order valence-corrected chi connectivity index (χ4v) is 9.07. The SMILES string of the molecule is COc1cc(-c2nccc(-c3cccc4c3CCC[C@@H]4Oc3nc(OC)c(CN4CC5(CNC(=O)C5)C4)cc3C(F)(F)F)c2Cl)ccc1CNC[C@@H]1CCC(=O)N1. The average molecular weight is 805 g/mol. The van der Waals surface area contributed by atoms with Gasteiger partial charge in [-0.05, 0) is 60.6 Å². The van der Waals surface area contributed by atoms with Gasteiger partial charge >= 0.3 is 6.18 Å². The third kappa shape index (κ3) is 7.99. The summed E-state index contributed by atoms with van der Waals surface area (Å²) in [5.41, 5.74) is 4.75. The summed E-state index contributed by atoms with van der Waals surface area (Å²) in [7, 11) is 3.00. The number of methoxy groups -OCH3 is 2. The van der Waals surface area contributed by atoms with Gasteiger partial charge in [-0.25, -0.2) is 0 Å². The van der Waals surface area contributed by atoms with Gasteiger partial charge in [0.2, 0.25) is 23.6 Å². The number of nitrogens with zero attached hydrogens (tertiary/aromatic N) is 3. The van der Waals surface area contributed by atoms with Crippen LogP contribution >= 0.6 is 11.6 Å². The molecule has 5 heterocycles. The van der Waals surface area contributed by atoms with Gasteiger partial charge in [-0.15, -0.1) is 0 Å². The molecule has 8 rings (SSSR count). The number of hydrogen-bond donors (Lipinski definition) is 3. The van der Waals surface area contributed by atoms with Crippen molar-refractivity contribution in [3.8, 4) is 39.9 Å². The fourth-order valence-electron chi connectivity index (χ4n) is 8.75. The van der Waals surface area contributed by atoms with Crippen molar-refractivity contribution in [3.05, 3.63) is 87.6 Å². The second kappa shape index (κ2) is 15.8. The molecule has 0 unspecified atom stereocenters. The Bertz CT molecular complexity index is 2200. The molecule has 4 aliphatic rings. The number of carbonyl (C=O) groups is 2. The summed E-state index contributed by atoms with van der Waals surface area (Å²) in [6.07, 6.45) is -0.100. The van der Waals surface area contributed by atoms with E-state index < -0.39 is 23.7 Å². The van der Waals surface area contributed by atoms with Gasteiger partial charge in [0.1, 0.15) is 17.4 Å². The molecule has 2 aromatic carbocycles. The molecule has 0 bridgehead atoms. The lowest BCUT2D eigenvalue weighted by atomic mass is 9.79. The highest BCUT2D eigenvalue weighted by Gasteiger charge is 2.48. The Labute approximate surface area is 333 Å². The molecular weight excluding hydrogens is 761 g/mol. The van der Waals surface area contributed by atoms with Crippen LogP contribution in [0, 0.1) is 5.41 Å². The zero-order valence-electron chi connectivity index (χ0n) is 31.7. The molecule has 4 aromatic rings.